The minimum absolute atomic E-state index is 0.262. The summed E-state index contributed by atoms with van der Waals surface area (Å²) in [6.07, 6.45) is 3.46. The first-order valence-corrected chi connectivity index (χ1v) is 6.89. The molecule has 0 bridgehead atoms. The van der Waals surface area contributed by atoms with Crippen LogP contribution < -0.4 is 10.1 Å². The molecule has 0 aliphatic carbocycles. The van der Waals surface area contributed by atoms with Crippen molar-refractivity contribution in [3.63, 3.8) is 0 Å². The van der Waals surface area contributed by atoms with Crippen LogP contribution in [0.2, 0.25) is 0 Å². The van der Waals surface area contributed by atoms with Crippen molar-refractivity contribution in [3.8, 4) is 11.5 Å². The molecule has 0 aromatic heterocycles. The van der Waals surface area contributed by atoms with Crippen LogP contribution in [-0.4, -0.2) is 17.8 Å². The van der Waals surface area contributed by atoms with E-state index in [1.165, 1.54) is 12.8 Å². The quantitative estimate of drug-likeness (QED) is 0.743. The van der Waals surface area contributed by atoms with Crippen molar-refractivity contribution in [1.82, 2.24) is 5.32 Å². The van der Waals surface area contributed by atoms with Gasteiger partial charge in [0.2, 0.25) is 0 Å². The van der Waals surface area contributed by atoms with Crippen molar-refractivity contribution in [2.45, 2.75) is 52.6 Å². The minimum Gasteiger partial charge on any atom is -0.504 e. The number of aromatic hydroxyl groups is 1. The van der Waals surface area contributed by atoms with Gasteiger partial charge < -0.3 is 15.2 Å². The Morgan fingerprint density at radius 2 is 2.06 bits per heavy atom. The minimum atomic E-state index is 0.262. The summed E-state index contributed by atoms with van der Waals surface area (Å²) in [5.74, 6) is 0.832. The highest BCUT2D eigenvalue weighted by atomic mass is 16.5. The van der Waals surface area contributed by atoms with Crippen LogP contribution in [0.1, 0.15) is 45.6 Å². The maximum atomic E-state index is 10.1. The number of hydrogen-bond acceptors (Lipinski definition) is 3. The second-order valence-electron chi connectivity index (χ2n) is 4.47. The Balaban J connectivity index is 2.63. The van der Waals surface area contributed by atoms with Crippen LogP contribution >= 0.6 is 0 Å². The molecule has 1 aromatic rings. The second kappa shape index (κ2) is 7.98. The van der Waals surface area contributed by atoms with E-state index in [-0.39, 0.29) is 5.75 Å². The van der Waals surface area contributed by atoms with E-state index in [2.05, 4.69) is 19.2 Å². The molecular weight excluding hydrogens is 226 g/mol. The number of nitrogens with one attached hydrogen (secondary N) is 1. The van der Waals surface area contributed by atoms with Gasteiger partial charge in [0.15, 0.2) is 11.5 Å². The van der Waals surface area contributed by atoms with Crippen LogP contribution in [0.5, 0.6) is 11.5 Å². The molecule has 1 unspecified atom stereocenters. The number of hydrogen-bond donors (Lipinski definition) is 2. The third-order valence-corrected chi connectivity index (χ3v) is 3.09. The van der Waals surface area contributed by atoms with Crippen LogP contribution in [0, 0.1) is 0 Å². The second-order valence-corrected chi connectivity index (χ2v) is 4.47. The van der Waals surface area contributed by atoms with Crippen molar-refractivity contribution in [3.05, 3.63) is 23.8 Å². The molecule has 0 heterocycles. The van der Waals surface area contributed by atoms with Gasteiger partial charge in [0, 0.05) is 18.2 Å². The van der Waals surface area contributed by atoms with Gasteiger partial charge in [-0.2, -0.15) is 0 Å². The fourth-order valence-electron chi connectivity index (χ4n) is 2.04. The van der Waals surface area contributed by atoms with Gasteiger partial charge in [-0.3, -0.25) is 0 Å². The molecule has 0 aliphatic heterocycles. The summed E-state index contributed by atoms with van der Waals surface area (Å²) in [7, 11) is 0. The van der Waals surface area contributed by atoms with Gasteiger partial charge in [0.25, 0.3) is 0 Å². The maximum Gasteiger partial charge on any atom is 0.162 e. The van der Waals surface area contributed by atoms with E-state index in [9.17, 15) is 5.11 Å². The lowest BCUT2D eigenvalue weighted by atomic mass is 10.1. The molecule has 0 spiro atoms. The Kier molecular flexibility index (Phi) is 6.58. The SMILES string of the molecule is CCCC(CC)NCc1cccc(OCC)c1O. The van der Waals surface area contributed by atoms with Crippen molar-refractivity contribution in [2.24, 2.45) is 0 Å². The standard InChI is InChI=1S/C15H25NO2/c1-4-8-13(5-2)16-11-12-9-7-10-14(15(12)17)18-6-3/h7,9-10,13,16-17H,4-6,8,11H2,1-3H3. The zero-order chi connectivity index (χ0) is 13.4. The van der Waals surface area contributed by atoms with Crippen molar-refractivity contribution in [2.75, 3.05) is 6.61 Å². The maximum absolute atomic E-state index is 10.1. The molecule has 0 aliphatic rings. The first kappa shape index (κ1) is 14.8. The summed E-state index contributed by atoms with van der Waals surface area (Å²) in [5.41, 5.74) is 0.899. The van der Waals surface area contributed by atoms with Crippen LogP contribution in [0.4, 0.5) is 0 Å². The highest BCUT2D eigenvalue weighted by Gasteiger charge is 2.09. The number of ether oxygens (including phenoxy) is 1. The third kappa shape index (κ3) is 4.22. The van der Waals surface area contributed by atoms with Gasteiger partial charge in [0.1, 0.15) is 0 Å². The normalized spacial score (nSPS) is 12.4. The van der Waals surface area contributed by atoms with Gasteiger partial charge >= 0.3 is 0 Å². The van der Waals surface area contributed by atoms with Crippen LogP contribution in [0.25, 0.3) is 0 Å². The lowest BCUT2D eigenvalue weighted by Gasteiger charge is -2.17. The monoisotopic (exact) mass is 251 g/mol. The molecule has 0 radical (unpaired) electrons. The summed E-state index contributed by atoms with van der Waals surface area (Å²) in [6, 6.07) is 6.17. The number of phenolic OH excluding ortho intramolecular Hbond substituents is 1. The summed E-state index contributed by atoms with van der Waals surface area (Å²) in [4.78, 5) is 0. The van der Waals surface area contributed by atoms with E-state index in [0.29, 0.717) is 24.9 Å². The topological polar surface area (TPSA) is 41.5 Å². The molecule has 3 heteroatoms. The fraction of sp³-hybridized carbons (Fsp3) is 0.600. The molecule has 2 N–H and O–H groups in total. The Morgan fingerprint density at radius 1 is 1.28 bits per heavy atom. The highest BCUT2D eigenvalue weighted by molar-refractivity contribution is 5.45. The Labute approximate surface area is 110 Å². The van der Waals surface area contributed by atoms with Crippen molar-refractivity contribution < 1.29 is 9.84 Å². The predicted molar refractivity (Wildman–Crippen MR) is 75.1 cm³/mol. The first-order chi connectivity index (χ1) is 8.72. The molecule has 102 valence electrons. The smallest absolute Gasteiger partial charge is 0.162 e. The molecule has 0 saturated heterocycles. The molecule has 1 atom stereocenters. The van der Waals surface area contributed by atoms with Crippen molar-refractivity contribution >= 4 is 0 Å². The largest absolute Gasteiger partial charge is 0.504 e. The molecule has 0 saturated carbocycles. The van der Waals surface area contributed by atoms with E-state index < -0.39 is 0 Å². The summed E-state index contributed by atoms with van der Waals surface area (Å²) in [5, 5.41) is 13.6. The van der Waals surface area contributed by atoms with Gasteiger partial charge in [-0.05, 0) is 25.8 Å². The third-order valence-electron chi connectivity index (χ3n) is 3.09. The number of benzene rings is 1. The van der Waals surface area contributed by atoms with Crippen LogP contribution in [-0.2, 0) is 6.54 Å². The Morgan fingerprint density at radius 3 is 2.67 bits per heavy atom. The Bertz CT molecular complexity index is 352. The van der Waals surface area contributed by atoms with Crippen molar-refractivity contribution in [1.29, 1.82) is 0 Å². The summed E-state index contributed by atoms with van der Waals surface area (Å²) < 4.78 is 5.38. The summed E-state index contributed by atoms with van der Waals surface area (Å²) in [6.45, 7) is 7.54. The highest BCUT2D eigenvalue weighted by Crippen LogP contribution is 2.29. The molecule has 1 rings (SSSR count). The first-order valence-electron chi connectivity index (χ1n) is 6.89. The molecule has 18 heavy (non-hydrogen) atoms. The molecule has 0 fully saturated rings. The Hall–Kier alpha value is -1.22. The average Bonchev–Trinajstić information content (AvgIpc) is 2.38. The lowest BCUT2D eigenvalue weighted by molar-refractivity contribution is 0.315. The number of rotatable bonds is 8. The van der Waals surface area contributed by atoms with Gasteiger partial charge in [0.05, 0.1) is 6.61 Å². The van der Waals surface area contributed by atoms with E-state index in [1.807, 2.05) is 19.1 Å². The van der Waals surface area contributed by atoms with E-state index in [1.54, 1.807) is 6.07 Å². The van der Waals surface area contributed by atoms with Gasteiger partial charge in [-0.25, -0.2) is 0 Å². The summed E-state index contributed by atoms with van der Waals surface area (Å²) >= 11 is 0. The van der Waals surface area contributed by atoms with Crippen LogP contribution in [0.3, 0.4) is 0 Å². The number of phenols is 1. The van der Waals surface area contributed by atoms with E-state index in [4.69, 9.17) is 4.74 Å². The van der Waals surface area contributed by atoms with E-state index >= 15 is 0 Å². The predicted octanol–water partition coefficient (Wildman–Crippen LogP) is 3.46. The van der Waals surface area contributed by atoms with Gasteiger partial charge in [-0.1, -0.05) is 32.4 Å². The molecular formula is C15H25NO2. The fourth-order valence-corrected chi connectivity index (χ4v) is 2.04. The lowest BCUT2D eigenvalue weighted by Crippen LogP contribution is -2.27. The van der Waals surface area contributed by atoms with Gasteiger partial charge in [-0.15, -0.1) is 0 Å². The van der Waals surface area contributed by atoms with E-state index in [0.717, 1.165) is 12.0 Å². The average molecular weight is 251 g/mol. The molecule has 3 nitrogen and oxygen atoms in total. The zero-order valence-corrected chi connectivity index (χ0v) is 11.7. The van der Waals surface area contributed by atoms with Crippen LogP contribution in [0.15, 0.2) is 18.2 Å². The molecule has 1 aromatic carbocycles. The molecule has 0 amide bonds. The zero-order valence-electron chi connectivity index (χ0n) is 11.7. The number of para-hydroxylation sites is 1.